The summed E-state index contributed by atoms with van der Waals surface area (Å²) in [5.74, 6) is 1.06. The summed E-state index contributed by atoms with van der Waals surface area (Å²) in [5.41, 5.74) is 1.04. The van der Waals surface area contributed by atoms with Gasteiger partial charge in [-0.05, 0) is 17.7 Å². The molecule has 0 bridgehead atoms. The van der Waals surface area contributed by atoms with E-state index in [0.717, 1.165) is 5.56 Å². The molecule has 1 aromatic carbocycles. The predicted molar refractivity (Wildman–Crippen MR) is 56.7 cm³/mol. The first kappa shape index (κ1) is 10.2. The summed E-state index contributed by atoms with van der Waals surface area (Å²) in [6, 6.07) is 7.52. The van der Waals surface area contributed by atoms with E-state index in [-0.39, 0.29) is 6.61 Å². The van der Waals surface area contributed by atoms with E-state index in [1.807, 2.05) is 24.3 Å². The lowest BCUT2D eigenvalue weighted by atomic mass is 10.1. The number of hydrogen-bond acceptors (Lipinski definition) is 3. The van der Waals surface area contributed by atoms with Crippen molar-refractivity contribution in [3.05, 3.63) is 52.7 Å². The van der Waals surface area contributed by atoms with Crippen LogP contribution >= 0.6 is 11.6 Å². The van der Waals surface area contributed by atoms with Gasteiger partial charge in [-0.15, -0.1) is 0 Å². The lowest BCUT2D eigenvalue weighted by molar-refractivity contribution is 0.244. The summed E-state index contributed by atoms with van der Waals surface area (Å²) in [5, 5.41) is 9.50. The Morgan fingerprint density at radius 3 is 2.93 bits per heavy atom. The van der Waals surface area contributed by atoms with Crippen molar-refractivity contribution in [3.63, 3.8) is 0 Å². The maximum absolute atomic E-state index is 8.81. The highest BCUT2D eigenvalue weighted by atomic mass is 35.5. The van der Waals surface area contributed by atoms with Crippen LogP contribution in [0.2, 0.25) is 5.02 Å². The number of benzene rings is 1. The Bertz CT molecular complexity index is 453. The van der Waals surface area contributed by atoms with Gasteiger partial charge in [0.05, 0.1) is 6.20 Å². The van der Waals surface area contributed by atoms with Crippen molar-refractivity contribution in [2.45, 2.75) is 13.0 Å². The Kier molecular flexibility index (Phi) is 3.04. The summed E-state index contributed by atoms with van der Waals surface area (Å²) >= 11 is 5.85. The van der Waals surface area contributed by atoms with E-state index >= 15 is 0 Å². The summed E-state index contributed by atoms with van der Waals surface area (Å²) in [4.78, 5) is 4.04. The zero-order valence-electron chi connectivity index (χ0n) is 7.98. The molecule has 15 heavy (non-hydrogen) atoms. The Morgan fingerprint density at radius 2 is 2.27 bits per heavy atom. The number of aliphatic hydroxyl groups is 1. The number of oxazole rings is 1. The third-order valence-electron chi connectivity index (χ3n) is 2.00. The fraction of sp³-hybridized carbons (Fsp3) is 0.182. The Morgan fingerprint density at radius 1 is 1.40 bits per heavy atom. The quantitative estimate of drug-likeness (QED) is 0.869. The van der Waals surface area contributed by atoms with Crippen molar-refractivity contribution in [2.75, 3.05) is 0 Å². The minimum absolute atomic E-state index is 0.122. The van der Waals surface area contributed by atoms with Gasteiger partial charge in [-0.1, -0.05) is 23.7 Å². The molecule has 2 rings (SSSR count). The largest absolute Gasteiger partial charge is 0.443 e. The van der Waals surface area contributed by atoms with Crippen molar-refractivity contribution in [2.24, 2.45) is 0 Å². The van der Waals surface area contributed by atoms with Gasteiger partial charge in [-0.25, -0.2) is 4.98 Å². The standard InChI is InChI=1S/C11H10ClNO2/c12-9-3-1-2-8(4-9)5-11-13-6-10(7-14)15-11/h1-4,6,14H,5,7H2. The molecule has 0 fully saturated rings. The minimum atomic E-state index is -0.122. The van der Waals surface area contributed by atoms with Gasteiger partial charge in [-0.3, -0.25) is 0 Å². The topological polar surface area (TPSA) is 46.3 Å². The molecule has 78 valence electrons. The third kappa shape index (κ3) is 2.58. The van der Waals surface area contributed by atoms with Crippen LogP contribution in [0.3, 0.4) is 0 Å². The second kappa shape index (κ2) is 4.47. The zero-order chi connectivity index (χ0) is 10.7. The van der Waals surface area contributed by atoms with Crippen LogP contribution in [-0.2, 0) is 13.0 Å². The van der Waals surface area contributed by atoms with Crippen LogP contribution in [0.5, 0.6) is 0 Å². The van der Waals surface area contributed by atoms with Crippen molar-refractivity contribution in [3.8, 4) is 0 Å². The van der Waals surface area contributed by atoms with E-state index in [1.54, 1.807) is 0 Å². The fourth-order valence-electron chi connectivity index (χ4n) is 1.32. The second-order valence-corrected chi connectivity index (χ2v) is 3.62. The number of rotatable bonds is 3. The van der Waals surface area contributed by atoms with E-state index in [4.69, 9.17) is 21.1 Å². The number of aliphatic hydroxyl groups excluding tert-OH is 1. The maximum atomic E-state index is 8.81. The molecule has 3 nitrogen and oxygen atoms in total. The van der Waals surface area contributed by atoms with Crippen LogP contribution in [0.15, 0.2) is 34.9 Å². The summed E-state index contributed by atoms with van der Waals surface area (Å²) in [7, 11) is 0. The van der Waals surface area contributed by atoms with Gasteiger partial charge < -0.3 is 9.52 Å². The van der Waals surface area contributed by atoms with Crippen LogP contribution in [0.25, 0.3) is 0 Å². The van der Waals surface area contributed by atoms with Gasteiger partial charge in [0.15, 0.2) is 5.89 Å². The van der Waals surface area contributed by atoms with Gasteiger partial charge in [-0.2, -0.15) is 0 Å². The first-order valence-electron chi connectivity index (χ1n) is 4.57. The van der Waals surface area contributed by atoms with Crippen molar-refractivity contribution in [1.82, 2.24) is 4.98 Å². The molecule has 0 saturated heterocycles. The molecule has 0 aliphatic heterocycles. The average molecular weight is 224 g/mol. The monoisotopic (exact) mass is 223 g/mol. The lowest BCUT2D eigenvalue weighted by Gasteiger charge is -1.97. The van der Waals surface area contributed by atoms with Crippen molar-refractivity contribution in [1.29, 1.82) is 0 Å². The molecule has 1 N–H and O–H groups in total. The van der Waals surface area contributed by atoms with Crippen LogP contribution in [0.4, 0.5) is 0 Å². The van der Waals surface area contributed by atoms with Crippen LogP contribution < -0.4 is 0 Å². The van der Waals surface area contributed by atoms with Crippen LogP contribution in [0, 0.1) is 0 Å². The van der Waals surface area contributed by atoms with E-state index in [9.17, 15) is 0 Å². The molecule has 0 unspecified atom stereocenters. The maximum Gasteiger partial charge on any atom is 0.198 e. The molecule has 0 radical (unpaired) electrons. The molecule has 2 aromatic rings. The summed E-state index contributed by atoms with van der Waals surface area (Å²) < 4.78 is 5.27. The minimum Gasteiger partial charge on any atom is -0.443 e. The highest BCUT2D eigenvalue weighted by Crippen LogP contribution is 2.14. The first-order chi connectivity index (χ1) is 7.28. The molecular weight excluding hydrogens is 214 g/mol. The average Bonchev–Trinajstić information content (AvgIpc) is 2.65. The van der Waals surface area contributed by atoms with Gasteiger partial charge in [0.25, 0.3) is 0 Å². The van der Waals surface area contributed by atoms with Gasteiger partial charge in [0.2, 0.25) is 0 Å². The van der Waals surface area contributed by atoms with E-state index in [0.29, 0.717) is 23.1 Å². The smallest absolute Gasteiger partial charge is 0.198 e. The third-order valence-corrected chi connectivity index (χ3v) is 2.24. The van der Waals surface area contributed by atoms with Crippen LogP contribution in [-0.4, -0.2) is 10.1 Å². The number of aromatic nitrogens is 1. The van der Waals surface area contributed by atoms with Crippen LogP contribution in [0.1, 0.15) is 17.2 Å². The van der Waals surface area contributed by atoms with Gasteiger partial charge in [0.1, 0.15) is 12.4 Å². The molecule has 1 heterocycles. The predicted octanol–water partition coefficient (Wildman–Crippen LogP) is 2.41. The van der Waals surface area contributed by atoms with Crippen molar-refractivity contribution < 1.29 is 9.52 Å². The first-order valence-corrected chi connectivity index (χ1v) is 4.94. The van der Waals surface area contributed by atoms with E-state index in [1.165, 1.54) is 6.20 Å². The van der Waals surface area contributed by atoms with Gasteiger partial charge >= 0.3 is 0 Å². The highest BCUT2D eigenvalue weighted by Gasteiger charge is 2.04. The van der Waals surface area contributed by atoms with Crippen molar-refractivity contribution >= 4 is 11.6 Å². The second-order valence-electron chi connectivity index (χ2n) is 3.19. The molecule has 1 aromatic heterocycles. The Balaban J connectivity index is 2.14. The normalized spacial score (nSPS) is 10.5. The highest BCUT2D eigenvalue weighted by molar-refractivity contribution is 6.30. The summed E-state index contributed by atoms with van der Waals surface area (Å²) in [6.07, 6.45) is 2.11. The fourth-order valence-corrected chi connectivity index (χ4v) is 1.54. The zero-order valence-corrected chi connectivity index (χ0v) is 8.74. The molecular formula is C11H10ClNO2. The summed E-state index contributed by atoms with van der Waals surface area (Å²) in [6.45, 7) is -0.122. The van der Waals surface area contributed by atoms with Gasteiger partial charge in [0, 0.05) is 11.4 Å². The molecule has 0 saturated carbocycles. The molecule has 0 spiro atoms. The Hall–Kier alpha value is -1.32. The Labute approximate surface area is 92.3 Å². The van der Waals surface area contributed by atoms with E-state index in [2.05, 4.69) is 4.98 Å². The SMILES string of the molecule is OCc1cnc(Cc2cccc(Cl)c2)o1. The molecule has 0 aliphatic rings. The molecule has 0 amide bonds. The number of hydrogen-bond donors (Lipinski definition) is 1. The number of halogens is 1. The lowest BCUT2D eigenvalue weighted by Crippen LogP contribution is -1.87. The van der Waals surface area contributed by atoms with E-state index < -0.39 is 0 Å². The number of nitrogens with zero attached hydrogens (tertiary/aromatic N) is 1. The molecule has 0 aliphatic carbocycles. The molecule has 4 heteroatoms. The molecule has 0 atom stereocenters.